The van der Waals surface area contributed by atoms with Crippen LogP contribution >= 0.6 is 15.9 Å². The summed E-state index contributed by atoms with van der Waals surface area (Å²) in [6, 6.07) is 13.0. The van der Waals surface area contributed by atoms with Crippen molar-refractivity contribution in [3.8, 4) is 0 Å². The maximum Gasteiger partial charge on any atom is 0.337 e. The third-order valence-corrected chi connectivity index (χ3v) is 5.55. The fourth-order valence-electron chi connectivity index (χ4n) is 3.17. The van der Waals surface area contributed by atoms with Gasteiger partial charge in [0.15, 0.2) is 0 Å². The van der Waals surface area contributed by atoms with E-state index >= 15 is 0 Å². The summed E-state index contributed by atoms with van der Waals surface area (Å²) >= 11 is 3.40. The van der Waals surface area contributed by atoms with Crippen molar-refractivity contribution in [2.24, 2.45) is 0 Å². The molecule has 8 nitrogen and oxygen atoms in total. The lowest BCUT2D eigenvalue weighted by Gasteiger charge is -2.23. The molecule has 0 aromatic heterocycles. The molecular weight excluding hydrogens is 454 g/mol. The van der Waals surface area contributed by atoms with Gasteiger partial charge in [-0.15, -0.1) is 0 Å². The van der Waals surface area contributed by atoms with Crippen molar-refractivity contribution in [3.63, 3.8) is 0 Å². The molecular formula is C21H20BrN3O5. The molecule has 1 fully saturated rings. The Morgan fingerprint density at radius 3 is 2.43 bits per heavy atom. The molecule has 0 saturated carbocycles. The molecule has 1 aliphatic heterocycles. The molecule has 2 aromatic rings. The summed E-state index contributed by atoms with van der Waals surface area (Å²) in [5, 5.41) is 5.34. The van der Waals surface area contributed by atoms with Gasteiger partial charge in [0, 0.05) is 16.6 Å². The number of carbonyl (C=O) groups excluding carboxylic acids is 4. The molecule has 1 unspecified atom stereocenters. The lowest BCUT2D eigenvalue weighted by Crippen LogP contribution is -2.43. The van der Waals surface area contributed by atoms with Crippen LogP contribution in [-0.2, 0) is 26.4 Å². The van der Waals surface area contributed by atoms with Crippen molar-refractivity contribution in [1.29, 1.82) is 0 Å². The van der Waals surface area contributed by atoms with Gasteiger partial charge in [-0.2, -0.15) is 0 Å². The Hall–Kier alpha value is -3.20. The van der Waals surface area contributed by atoms with Crippen LogP contribution in [0.4, 0.5) is 4.79 Å². The van der Waals surface area contributed by atoms with E-state index in [1.807, 2.05) is 0 Å². The van der Waals surface area contributed by atoms with E-state index < -0.39 is 35.9 Å². The monoisotopic (exact) mass is 473 g/mol. The van der Waals surface area contributed by atoms with Gasteiger partial charge < -0.3 is 15.4 Å². The number of methoxy groups -OCH3 is 1. The molecule has 1 aliphatic rings. The number of ether oxygens (including phenoxy) is 1. The van der Waals surface area contributed by atoms with Crippen molar-refractivity contribution < 1.29 is 23.9 Å². The Balaban J connectivity index is 1.63. The average Bonchev–Trinajstić information content (AvgIpc) is 2.96. The molecule has 0 radical (unpaired) electrons. The first-order valence-electron chi connectivity index (χ1n) is 9.09. The summed E-state index contributed by atoms with van der Waals surface area (Å²) in [6.45, 7) is 1.39. The van der Waals surface area contributed by atoms with Gasteiger partial charge >= 0.3 is 12.0 Å². The Morgan fingerprint density at radius 1 is 1.13 bits per heavy atom. The van der Waals surface area contributed by atoms with Gasteiger partial charge in [-0.3, -0.25) is 14.5 Å². The lowest BCUT2D eigenvalue weighted by atomic mass is 9.92. The number of esters is 1. The number of imide groups is 1. The highest BCUT2D eigenvalue weighted by atomic mass is 79.9. The van der Waals surface area contributed by atoms with E-state index in [4.69, 9.17) is 0 Å². The van der Waals surface area contributed by atoms with Crippen LogP contribution in [0.25, 0.3) is 0 Å². The molecule has 4 amide bonds. The fourth-order valence-corrected chi connectivity index (χ4v) is 3.85. The average molecular weight is 474 g/mol. The Labute approximate surface area is 181 Å². The topological polar surface area (TPSA) is 105 Å². The van der Waals surface area contributed by atoms with E-state index in [1.54, 1.807) is 55.5 Å². The van der Waals surface area contributed by atoms with Crippen molar-refractivity contribution >= 4 is 39.7 Å². The number of nitrogens with zero attached hydrogens (tertiary/aromatic N) is 1. The summed E-state index contributed by atoms with van der Waals surface area (Å²) < 4.78 is 5.32. The highest BCUT2D eigenvalue weighted by molar-refractivity contribution is 9.10. The maximum absolute atomic E-state index is 12.9. The molecule has 2 aromatic carbocycles. The van der Waals surface area contributed by atoms with Crippen molar-refractivity contribution in [2.75, 3.05) is 13.7 Å². The number of halogens is 1. The zero-order chi connectivity index (χ0) is 21.9. The predicted molar refractivity (Wildman–Crippen MR) is 111 cm³/mol. The Kier molecular flexibility index (Phi) is 6.21. The Morgan fingerprint density at radius 2 is 1.80 bits per heavy atom. The summed E-state index contributed by atoms with van der Waals surface area (Å²) in [5.41, 5.74) is 0.503. The SMILES string of the molecule is COC(=O)c1ccc(CNC(=O)CN2C(=O)NC(C)(c3ccccc3Br)C2=O)cc1. The van der Waals surface area contributed by atoms with Crippen LogP contribution in [0.15, 0.2) is 53.0 Å². The van der Waals surface area contributed by atoms with E-state index in [9.17, 15) is 19.2 Å². The smallest absolute Gasteiger partial charge is 0.337 e. The van der Waals surface area contributed by atoms with Gasteiger partial charge in [-0.25, -0.2) is 9.59 Å². The molecule has 3 rings (SSSR count). The van der Waals surface area contributed by atoms with Gasteiger partial charge in [0.2, 0.25) is 5.91 Å². The minimum atomic E-state index is -1.26. The minimum absolute atomic E-state index is 0.186. The van der Waals surface area contributed by atoms with Gasteiger partial charge in [0.05, 0.1) is 12.7 Å². The first-order valence-corrected chi connectivity index (χ1v) is 9.88. The number of amides is 4. The van der Waals surface area contributed by atoms with Crippen LogP contribution in [0.3, 0.4) is 0 Å². The molecule has 2 N–H and O–H groups in total. The summed E-state index contributed by atoms with van der Waals surface area (Å²) in [7, 11) is 1.30. The number of hydrogen-bond acceptors (Lipinski definition) is 5. The first-order chi connectivity index (χ1) is 14.3. The second-order valence-electron chi connectivity index (χ2n) is 6.89. The molecule has 0 aliphatic carbocycles. The summed E-state index contributed by atoms with van der Waals surface area (Å²) in [5.74, 6) is -1.43. The van der Waals surface area contributed by atoms with Gasteiger partial charge in [-0.05, 0) is 30.7 Å². The third-order valence-electron chi connectivity index (χ3n) is 4.85. The van der Waals surface area contributed by atoms with E-state index in [-0.39, 0.29) is 6.54 Å². The molecule has 1 saturated heterocycles. The van der Waals surface area contributed by atoms with Crippen LogP contribution in [0.1, 0.15) is 28.4 Å². The van der Waals surface area contributed by atoms with Gasteiger partial charge in [-0.1, -0.05) is 46.3 Å². The summed E-state index contributed by atoms with van der Waals surface area (Å²) in [4.78, 5) is 50.0. The minimum Gasteiger partial charge on any atom is -0.465 e. The van der Waals surface area contributed by atoms with E-state index in [0.717, 1.165) is 10.5 Å². The van der Waals surface area contributed by atoms with Crippen LogP contribution < -0.4 is 10.6 Å². The Bertz CT molecular complexity index is 1010. The van der Waals surface area contributed by atoms with Crippen LogP contribution in [0, 0.1) is 0 Å². The number of urea groups is 1. The van der Waals surface area contributed by atoms with Crippen LogP contribution in [-0.4, -0.2) is 42.4 Å². The maximum atomic E-state index is 12.9. The summed E-state index contributed by atoms with van der Waals surface area (Å²) in [6.07, 6.45) is 0. The lowest BCUT2D eigenvalue weighted by molar-refractivity contribution is -0.134. The van der Waals surface area contributed by atoms with Crippen LogP contribution in [0.5, 0.6) is 0 Å². The number of rotatable bonds is 6. The second-order valence-corrected chi connectivity index (χ2v) is 7.75. The molecule has 0 bridgehead atoms. The molecule has 0 spiro atoms. The molecule has 30 heavy (non-hydrogen) atoms. The number of carbonyl (C=O) groups is 4. The van der Waals surface area contributed by atoms with Gasteiger partial charge in [0.1, 0.15) is 12.1 Å². The zero-order valence-electron chi connectivity index (χ0n) is 16.4. The molecule has 9 heteroatoms. The number of benzene rings is 2. The van der Waals surface area contributed by atoms with E-state index in [1.165, 1.54) is 7.11 Å². The van der Waals surface area contributed by atoms with E-state index in [0.29, 0.717) is 15.6 Å². The van der Waals surface area contributed by atoms with E-state index in [2.05, 4.69) is 31.3 Å². The normalized spacial score (nSPS) is 18.2. The standard InChI is InChI=1S/C21H20BrN3O5/c1-21(15-5-3-4-6-16(15)22)19(28)25(20(29)24-21)12-17(26)23-11-13-7-9-14(10-8-13)18(27)30-2/h3-10H,11-12H2,1-2H3,(H,23,26)(H,24,29). The highest BCUT2D eigenvalue weighted by Gasteiger charge is 2.50. The first kappa shape index (κ1) is 21.5. The molecule has 1 heterocycles. The van der Waals surface area contributed by atoms with Crippen molar-refractivity contribution in [3.05, 3.63) is 69.7 Å². The second kappa shape index (κ2) is 8.66. The number of nitrogens with one attached hydrogen (secondary N) is 2. The molecule has 1 atom stereocenters. The zero-order valence-corrected chi connectivity index (χ0v) is 18.0. The van der Waals surface area contributed by atoms with Gasteiger partial charge in [0.25, 0.3) is 5.91 Å². The third kappa shape index (κ3) is 4.20. The van der Waals surface area contributed by atoms with Crippen molar-refractivity contribution in [2.45, 2.75) is 19.0 Å². The predicted octanol–water partition coefficient (Wildman–Crippen LogP) is 2.32. The largest absolute Gasteiger partial charge is 0.465 e. The van der Waals surface area contributed by atoms with Crippen LogP contribution in [0.2, 0.25) is 0 Å². The quantitative estimate of drug-likeness (QED) is 0.494. The fraction of sp³-hybridized carbons (Fsp3) is 0.238. The number of hydrogen-bond donors (Lipinski definition) is 2. The van der Waals surface area contributed by atoms with Crippen molar-refractivity contribution in [1.82, 2.24) is 15.5 Å². The highest BCUT2D eigenvalue weighted by Crippen LogP contribution is 2.33. The molecule has 156 valence electrons.